The predicted octanol–water partition coefficient (Wildman–Crippen LogP) is 0.615. The molecule has 0 aliphatic heterocycles. The van der Waals surface area contributed by atoms with E-state index in [-0.39, 0.29) is 0 Å². The summed E-state index contributed by atoms with van der Waals surface area (Å²) in [4.78, 5) is 27.4. The molecule has 0 N–H and O–H groups in total. The van der Waals surface area contributed by atoms with Crippen molar-refractivity contribution < 1.29 is 14.8 Å². The Morgan fingerprint density at radius 1 is 1.07 bits per heavy atom. The fourth-order valence-electron chi connectivity index (χ4n) is 1.04. The van der Waals surface area contributed by atoms with E-state index in [9.17, 15) is 30.3 Å². The maximum atomic E-state index is 10.5. The van der Waals surface area contributed by atoms with E-state index in [0.29, 0.717) is 3.98 Å². The van der Waals surface area contributed by atoms with E-state index in [0.717, 1.165) is 0 Å². The number of nitro groups is 3. The normalized spacial score (nSPS) is 10.8. The zero-order valence-corrected chi connectivity index (χ0v) is 12.8. The third-order valence-corrected chi connectivity index (χ3v) is 12.5. The van der Waals surface area contributed by atoms with Crippen molar-refractivity contribution >= 4 is 22.7 Å². The van der Waals surface area contributed by atoms with Gasteiger partial charge in [-0.25, -0.2) is 0 Å². The molecule has 0 bridgehead atoms. The second-order valence-corrected chi connectivity index (χ2v) is 16.6. The summed E-state index contributed by atoms with van der Waals surface area (Å²) in [6.07, 6.45) is 0. The molecule has 0 atom stereocenters. The SMILES string of the molecule is C[CH2][Tl]([CH3])[CH2]C([N+](=O)[O-])([N+](=O)[O-])[N+](=O)[O-]. The average molecular weight is 413 g/mol. The van der Waals surface area contributed by atoms with Gasteiger partial charge >= 0.3 is 93.0 Å². The van der Waals surface area contributed by atoms with Gasteiger partial charge in [-0.2, -0.15) is 0 Å². The fraction of sp³-hybridized carbons (Fsp3) is 1.00. The van der Waals surface area contributed by atoms with Gasteiger partial charge in [0.05, 0.1) is 0 Å². The Hall–Kier alpha value is -0.878. The molecule has 0 aromatic rings. The molecule has 0 aromatic carbocycles. The van der Waals surface area contributed by atoms with Gasteiger partial charge in [-0.1, -0.05) is 0 Å². The fourth-order valence-corrected chi connectivity index (χ4v) is 7.53. The molecule has 0 radical (unpaired) electrons. The van der Waals surface area contributed by atoms with Crippen LogP contribution >= 0.6 is 0 Å². The molecule has 10 heteroatoms. The molecule has 0 saturated heterocycles. The Bertz CT molecular complexity index is 258. The molecule has 0 aliphatic carbocycles. The summed E-state index contributed by atoms with van der Waals surface area (Å²) >= 11 is -2.60. The molecule has 0 saturated carbocycles. The second-order valence-electron chi connectivity index (χ2n) is 3.26. The van der Waals surface area contributed by atoms with Gasteiger partial charge in [-0.15, -0.1) is 0 Å². The van der Waals surface area contributed by atoms with E-state index in [4.69, 9.17) is 0 Å². The summed E-state index contributed by atoms with van der Waals surface area (Å²) < 4.78 is 1.85. The van der Waals surface area contributed by atoms with Gasteiger partial charge in [0.1, 0.15) is 0 Å². The molecule has 0 unspecified atom stereocenters. The first-order chi connectivity index (χ1) is 6.78. The molecular formula is C5H10N3O6Tl. The van der Waals surface area contributed by atoms with Gasteiger partial charge in [-0.3, -0.25) is 0 Å². The minimum absolute atomic E-state index is 0.490. The Morgan fingerprint density at radius 3 is 1.60 bits per heavy atom. The zero-order chi connectivity index (χ0) is 12.2. The van der Waals surface area contributed by atoms with Crippen molar-refractivity contribution in [1.29, 1.82) is 0 Å². The summed E-state index contributed by atoms with van der Waals surface area (Å²) in [5.74, 6) is -3.21. The zero-order valence-electron chi connectivity index (χ0n) is 8.28. The molecule has 0 aromatic heterocycles. The van der Waals surface area contributed by atoms with E-state index in [1.807, 2.05) is 0 Å². The van der Waals surface area contributed by atoms with Crippen LogP contribution in [0.2, 0.25) is 12.4 Å². The molecule has 0 heterocycles. The predicted molar refractivity (Wildman–Crippen MR) is 50.6 cm³/mol. The van der Waals surface area contributed by atoms with Crippen LogP contribution in [0.5, 0.6) is 0 Å². The maximum absolute atomic E-state index is 10.5. The van der Waals surface area contributed by atoms with E-state index >= 15 is 0 Å². The summed E-state index contributed by atoms with van der Waals surface area (Å²) in [5, 5.41) is 31.5. The van der Waals surface area contributed by atoms with Crippen LogP contribution < -0.4 is 0 Å². The van der Waals surface area contributed by atoms with Gasteiger partial charge in [0.2, 0.25) is 0 Å². The Morgan fingerprint density at radius 2 is 1.40 bits per heavy atom. The number of hydrogen-bond donors (Lipinski definition) is 0. The molecule has 0 rings (SSSR count). The first-order valence-corrected chi connectivity index (χ1v) is 15.1. The van der Waals surface area contributed by atoms with Gasteiger partial charge < -0.3 is 0 Å². The number of rotatable bonds is 6. The van der Waals surface area contributed by atoms with Crippen molar-refractivity contribution in [3.63, 3.8) is 0 Å². The molecule has 0 fully saturated rings. The monoisotopic (exact) mass is 413 g/mol. The number of hydrogen-bond acceptors (Lipinski definition) is 6. The van der Waals surface area contributed by atoms with Crippen molar-refractivity contribution in [3.05, 3.63) is 30.3 Å². The van der Waals surface area contributed by atoms with Crippen molar-refractivity contribution in [3.8, 4) is 0 Å². The topological polar surface area (TPSA) is 129 Å². The molecule has 0 amide bonds. The van der Waals surface area contributed by atoms with Gasteiger partial charge in [0, 0.05) is 0 Å². The van der Waals surface area contributed by atoms with Crippen LogP contribution in [0.1, 0.15) is 6.92 Å². The molecular weight excluding hydrogens is 402 g/mol. The Balaban J connectivity index is 5.24. The van der Waals surface area contributed by atoms with Gasteiger partial charge in [-0.05, 0) is 0 Å². The molecule has 0 aliphatic rings. The first-order valence-electron chi connectivity index (χ1n) is 4.22. The molecule has 9 nitrogen and oxygen atoms in total. The molecule has 84 valence electrons. The van der Waals surface area contributed by atoms with Crippen LogP contribution in [-0.2, 0) is 0 Å². The Labute approximate surface area is 93.0 Å². The minimum atomic E-state index is -3.21. The summed E-state index contributed by atoms with van der Waals surface area (Å²) in [7, 11) is 0. The van der Waals surface area contributed by atoms with Crippen LogP contribution in [0.3, 0.4) is 0 Å². The van der Waals surface area contributed by atoms with Crippen molar-refractivity contribution in [2.24, 2.45) is 0 Å². The summed E-state index contributed by atoms with van der Waals surface area (Å²) in [6.45, 7) is 1.75. The van der Waals surface area contributed by atoms with Crippen LogP contribution in [0.4, 0.5) is 0 Å². The third kappa shape index (κ3) is 2.79. The van der Waals surface area contributed by atoms with Crippen LogP contribution in [-0.4, -0.2) is 43.3 Å². The van der Waals surface area contributed by atoms with E-state index in [1.54, 1.807) is 11.4 Å². The average Bonchev–Trinajstić information content (AvgIpc) is 2.11. The van der Waals surface area contributed by atoms with E-state index in [1.165, 1.54) is 0 Å². The quantitative estimate of drug-likeness (QED) is 0.272. The molecule has 0 spiro atoms. The standard InChI is InChI=1S/C2H2N3O6.C2H5.CH3.Tl/c1-2(3(6)7,4(8)9)5(10)11;1-2;;/h1H2;1H2,2H3;1H3;. The Kier molecular flexibility index (Phi) is 4.96. The summed E-state index contributed by atoms with van der Waals surface area (Å²) in [6, 6.07) is 0. The second kappa shape index (κ2) is 5.27. The van der Waals surface area contributed by atoms with E-state index in [2.05, 4.69) is 0 Å². The number of nitrogens with zero attached hydrogens (tertiary/aromatic N) is 3. The molecule has 15 heavy (non-hydrogen) atoms. The van der Waals surface area contributed by atoms with Gasteiger partial charge in [0.15, 0.2) is 0 Å². The first kappa shape index (κ1) is 14.1. The summed E-state index contributed by atoms with van der Waals surface area (Å²) in [5.41, 5.74) is 0. The van der Waals surface area contributed by atoms with Crippen molar-refractivity contribution in [2.45, 2.75) is 25.2 Å². The van der Waals surface area contributed by atoms with Crippen LogP contribution in [0.25, 0.3) is 0 Å². The van der Waals surface area contributed by atoms with Crippen molar-refractivity contribution in [2.75, 3.05) is 0 Å². The van der Waals surface area contributed by atoms with Crippen LogP contribution in [0, 0.1) is 30.3 Å². The third-order valence-electron chi connectivity index (χ3n) is 2.20. The van der Waals surface area contributed by atoms with Crippen molar-refractivity contribution in [1.82, 2.24) is 0 Å². The van der Waals surface area contributed by atoms with E-state index < -0.39 is 47.2 Å². The van der Waals surface area contributed by atoms with Crippen LogP contribution in [0.15, 0.2) is 0 Å². The van der Waals surface area contributed by atoms with Gasteiger partial charge in [0.25, 0.3) is 0 Å².